The summed E-state index contributed by atoms with van der Waals surface area (Å²) in [7, 11) is 0. The second kappa shape index (κ2) is 5.98. The first-order valence-corrected chi connectivity index (χ1v) is 6.53. The maximum absolute atomic E-state index is 11.4. The lowest BCUT2D eigenvalue weighted by Crippen LogP contribution is -2.29. The zero-order chi connectivity index (χ0) is 13.0. The SMILES string of the molecule is CCN1CCCc2ccc(C(=O)NO)cc2CC1. The summed E-state index contributed by atoms with van der Waals surface area (Å²) in [6, 6.07) is 5.70. The van der Waals surface area contributed by atoms with Crippen LogP contribution in [0.15, 0.2) is 18.2 Å². The zero-order valence-corrected chi connectivity index (χ0v) is 10.8. The maximum atomic E-state index is 11.4. The van der Waals surface area contributed by atoms with Gasteiger partial charge in [-0.2, -0.15) is 0 Å². The van der Waals surface area contributed by atoms with E-state index in [0.717, 1.165) is 38.9 Å². The van der Waals surface area contributed by atoms with E-state index in [-0.39, 0.29) is 0 Å². The molecule has 1 aliphatic heterocycles. The first-order chi connectivity index (χ1) is 8.74. The molecule has 4 nitrogen and oxygen atoms in total. The highest BCUT2D eigenvalue weighted by Crippen LogP contribution is 2.18. The number of aryl methyl sites for hydroxylation is 1. The molecule has 2 N–H and O–H groups in total. The Morgan fingerprint density at radius 1 is 1.33 bits per heavy atom. The van der Waals surface area contributed by atoms with Crippen molar-refractivity contribution in [3.63, 3.8) is 0 Å². The van der Waals surface area contributed by atoms with Crippen LogP contribution >= 0.6 is 0 Å². The van der Waals surface area contributed by atoms with Gasteiger partial charge in [-0.1, -0.05) is 13.0 Å². The van der Waals surface area contributed by atoms with Crippen LogP contribution in [-0.2, 0) is 12.8 Å². The third-order valence-corrected chi connectivity index (χ3v) is 3.64. The van der Waals surface area contributed by atoms with Crippen LogP contribution in [0.1, 0.15) is 34.8 Å². The maximum Gasteiger partial charge on any atom is 0.274 e. The summed E-state index contributed by atoms with van der Waals surface area (Å²) in [5.74, 6) is -0.438. The second-order valence-electron chi connectivity index (χ2n) is 4.71. The van der Waals surface area contributed by atoms with Crippen molar-refractivity contribution in [3.05, 3.63) is 34.9 Å². The molecule has 0 radical (unpaired) electrons. The van der Waals surface area contributed by atoms with Crippen molar-refractivity contribution in [2.24, 2.45) is 0 Å². The molecule has 4 heteroatoms. The van der Waals surface area contributed by atoms with Crippen LogP contribution in [0, 0.1) is 0 Å². The lowest BCUT2D eigenvalue weighted by molar-refractivity contribution is 0.0706. The van der Waals surface area contributed by atoms with Crippen LogP contribution in [0.5, 0.6) is 0 Å². The summed E-state index contributed by atoms with van der Waals surface area (Å²) in [4.78, 5) is 13.8. The van der Waals surface area contributed by atoms with Gasteiger partial charge in [-0.3, -0.25) is 10.0 Å². The number of carbonyl (C=O) groups excluding carboxylic acids is 1. The highest BCUT2D eigenvalue weighted by Gasteiger charge is 2.13. The molecule has 18 heavy (non-hydrogen) atoms. The Balaban J connectivity index is 2.21. The Morgan fingerprint density at radius 2 is 2.17 bits per heavy atom. The van der Waals surface area contributed by atoms with Crippen LogP contribution in [0.25, 0.3) is 0 Å². The number of hydrogen-bond donors (Lipinski definition) is 2. The highest BCUT2D eigenvalue weighted by atomic mass is 16.5. The summed E-state index contributed by atoms with van der Waals surface area (Å²) >= 11 is 0. The van der Waals surface area contributed by atoms with Crippen LogP contribution < -0.4 is 5.48 Å². The fraction of sp³-hybridized carbons (Fsp3) is 0.500. The van der Waals surface area contributed by atoms with E-state index in [0.29, 0.717) is 5.56 Å². The number of rotatable bonds is 2. The summed E-state index contributed by atoms with van der Waals surface area (Å²) in [6.07, 6.45) is 3.19. The van der Waals surface area contributed by atoms with Gasteiger partial charge in [-0.15, -0.1) is 0 Å². The summed E-state index contributed by atoms with van der Waals surface area (Å²) in [5.41, 5.74) is 4.78. The number of likely N-dealkylation sites (N-methyl/N-ethyl adjacent to an activating group) is 1. The van der Waals surface area contributed by atoms with Gasteiger partial charge >= 0.3 is 0 Å². The molecule has 0 saturated carbocycles. The predicted octanol–water partition coefficient (Wildman–Crippen LogP) is 1.62. The van der Waals surface area contributed by atoms with Crippen molar-refractivity contribution < 1.29 is 10.0 Å². The molecule has 0 fully saturated rings. The van der Waals surface area contributed by atoms with E-state index < -0.39 is 5.91 Å². The Kier molecular flexibility index (Phi) is 4.33. The van der Waals surface area contributed by atoms with Gasteiger partial charge in [0.05, 0.1) is 0 Å². The molecule has 1 aliphatic rings. The number of benzene rings is 1. The molecule has 0 aromatic heterocycles. The fourth-order valence-electron chi connectivity index (χ4n) is 2.51. The minimum absolute atomic E-state index is 0.438. The van der Waals surface area contributed by atoms with Gasteiger partial charge in [0.1, 0.15) is 0 Å². The molecule has 0 spiro atoms. The largest absolute Gasteiger partial charge is 0.303 e. The van der Waals surface area contributed by atoms with Crippen molar-refractivity contribution in [1.82, 2.24) is 10.4 Å². The van der Waals surface area contributed by atoms with E-state index in [1.54, 1.807) is 11.5 Å². The molecule has 0 atom stereocenters. The topological polar surface area (TPSA) is 52.6 Å². The van der Waals surface area contributed by atoms with Crippen molar-refractivity contribution in [1.29, 1.82) is 0 Å². The van der Waals surface area contributed by atoms with E-state index in [2.05, 4.69) is 11.8 Å². The Hall–Kier alpha value is -1.39. The smallest absolute Gasteiger partial charge is 0.274 e. The van der Waals surface area contributed by atoms with Gasteiger partial charge < -0.3 is 4.90 Å². The van der Waals surface area contributed by atoms with Crippen LogP contribution in [0.2, 0.25) is 0 Å². The molecule has 0 aliphatic carbocycles. The third kappa shape index (κ3) is 2.89. The number of hydroxylamine groups is 1. The van der Waals surface area contributed by atoms with Gasteiger partial charge in [0.2, 0.25) is 0 Å². The number of fused-ring (bicyclic) bond motifs is 1. The van der Waals surface area contributed by atoms with Gasteiger partial charge in [0.15, 0.2) is 0 Å². The van der Waals surface area contributed by atoms with Crippen LogP contribution in [-0.4, -0.2) is 35.6 Å². The van der Waals surface area contributed by atoms with Crippen LogP contribution in [0.3, 0.4) is 0 Å². The molecular weight excluding hydrogens is 228 g/mol. The Bertz CT molecular complexity index is 432. The number of carbonyl (C=O) groups is 1. The quantitative estimate of drug-likeness (QED) is 0.617. The number of nitrogens with one attached hydrogen (secondary N) is 1. The first-order valence-electron chi connectivity index (χ1n) is 6.53. The molecular formula is C14H20N2O2. The van der Waals surface area contributed by atoms with E-state index in [9.17, 15) is 4.79 Å². The van der Waals surface area contributed by atoms with E-state index in [4.69, 9.17) is 5.21 Å². The summed E-state index contributed by atoms with van der Waals surface area (Å²) < 4.78 is 0. The monoisotopic (exact) mass is 248 g/mol. The molecule has 2 rings (SSSR count). The molecule has 98 valence electrons. The van der Waals surface area contributed by atoms with Crippen molar-refractivity contribution in [2.75, 3.05) is 19.6 Å². The number of amides is 1. The predicted molar refractivity (Wildman–Crippen MR) is 69.8 cm³/mol. The lowest BCUT2D eigenvalue weighted by atomic mass is 9.96. The minimum atomic E-state index is -0.438. The summed E-state index contributed by atoms with van der Waals surface area (Å²) in [6.45, 7) is 5.44. The number of nitrogens with zero attached hydrogens (tertiary/aromatic N) is 1. The first kappa shape index (κ1) is 13.1. The summed E-state index contributed by atoms with van der Waals surface area (Å²) in [5, 5.41) is 8.67. The molecule has 0 unspecified atom stereocenters. The van der Waals surface area contributed by atoms with E-state index in [1.807, 2.05) is 12.1 Å². The molecule has 1 aromatic carbocycles. The standard InChI is InChI=1S/C14H20N2O2/c1-2-16-8-3-4-11-5-6-13(14(17)15-18)10-12(11)7-9-16/h5-6,10,18H,2-4,7-9H2,1H3,(H,15,17). The Labute approximate surface area is 108 Å². The molecule has 0 bridgehead atoms. The average molecular weight is 248 g/mol. The van der Waals surface area contributed by atoms with E-state index >= 15 is 0 Å². The molecule has 1 amide bonds. The van der Waals surface area contributed by atoms with Gasteiger partial charge in [0, 0.05) is 12.1 Å². The second-order valence-corrected chi connectivity index (χ2v) is 4.71. The Morgan fingerprint density at radius 3 is 2.89 bits per heavy atom. The fourth-order valence-corrected chi connectivity index (χ4v) is 2.51. The molecule has 1 aromatic rings. The van der Waals surface area contributed by atoms with Crippen molar-refractivity contribution in [2.45, 2.75) is 26.2 Å². The van der Waals surface area contributed by atoms with Gasteiger partial charge in [0.25, 0.3) is 5.91 Å². The number of hydrogen-bond acceptors (Lipinski definition) is 3. The molecule has 0 saturated heterocycles. The van der Waals surface area contributed by atoms with Crippen molar-refractivity contribution in [3.8, 4) is 0 Å². The highest BCUT2D eigenvalue weighted by molar-refractivity contribution is 5.93. The van der Waals surface area contributed by atoms with Crippen molar-refractivity contribution >= 4 is 5.91 Å². The van der Waals surface area contributed by atoms with Gasteiger partial charge in [-0.05, 0) is 55.6 Å². The van der Waals surface area contributed by atoms with Crippen LogP contribution in [0.4, 0.5) is 0 Å². The molecule has 1 heterocycles. The third-order valence-electron chi connectivity index (χ3n) is 3.64. The van der Waals surface area contributed by atoms with Gasteiger partial charge in [-0.25, -0.2) is 5.48 Å². The lowest BCUT2D eigenvalue weighted by Gasteiger charge is -2.24. The normalized spacial score (nSPS) is 16.6. The minimum Gasteiger partial charge on any atom is -0.303 e. The van der Waals surface area contributed by atoms with E-state index in [1.165, 1.54) is 11.1 Å². The average Bonchev–Trinajstić information content (AvgIpc) is 2.39. The zero-order valence-electron chi connectivity index (χ0n) is 10.8.